The standard InChI is InChI=1S/C13H17N3S/c1-8-7-11(5-6-12(8)14)16(4)13-15-9(2)10(3)17-13/h5-7H,14H2,1-4H3. The summed E-state index contributed by atoms with van der Waals surface area (Å²) in [5.74, 6) is 0. The van der Waals surface area contributed by atoms with E-state index in [0.29, 0.717) is 0 Å². The number of nitrogen functional groups attached to an aromatic ring is 1. The lowest BCUT2D eigenvalue weighted by atomic mass is 10.2. The number of benzene rings is 1. The minimum atomic E-state index is 0.827. The molecule has 0 spiro atoms. The monoisotopic (exact) mass is 247 g/mol. The number of nitrogens with zero attached hydrogens (tertiary/aromatic N) is 2. The Bertz CT molecular complexity index is 526. The van der Waals surface area contributed by atoms with E-state index in [1.54, 1.807) is 11.3 Å². The molecule has 1 aromatic heterocycles. The molecule has 2 aromatic rings. The molecule has 0 saturated carbocycles. The zero-order valence-electron chi connectivity index (χ0n) is 10.6. The molecule has 0 radical (unpaired) electrons. The van der Waals surface area contributed by atoms with Crippen molar-refractivity contribution in [1.82, 2.24) is 4.98 Å². The van der Waals surface area contributed by atoms with Gasteiger partial charge >= 0.3 is 0 Å². The summed E-state index contributed by atoms with van der Waals surface area (Å²) in [4.78, 5) is 7.91. The summed E-state index contributed by atoms with van der Waals surface area (Å²) in [5, 5.41) is 1.02. The molecule has 0 unspecified atom stereocenters. The molecule has 1 heterocycles. The number of aryl methyl sites for hydroxylation is 3. The molecule has 4 heteroatoms. The van der Waals surface area contributed by atoms with Crippen LogP contribution < -0.4 is 10.6 Å². The van der Waals surface area contributed by atoms with E-state index in [4.69, 9.17) is 5.73 Å². The maximum absolute atomic E-state index is 5.82. The molecule has 0 bridgehead atoms. The molecule has 0 fully saturated rings. The van der Waals surface area contributed by atoms with Gasteiger partial charge in [-0.3, -0.25) is 0 Å². The minimum Gasteiger partial charge on any atom is -0.399 e. The maximum atomic E-state index is 5.82. The molecular weight excluding hydrogens is 230 g/mol. The summed E-state index contributed by atoms with van der Waals surface area (Å²) in [5.41, 5.74) is 9.97. The lowest BCUT2D eigenvalue weighted by molar-refractivity contribution is 1.13. The van der Waals surface area contributed by atoms with Crippen molar-refractivity contribution in [2.75, 3.05) is 17.7 Å². The van der Waals surface area contributed by atoms with Gasteiger partial charge in [0.1, 0.15) is 0 Å². The molecule has 0 aliphatic carbocycles. The van der Waals surface area contributed by atoms with Crippen LogP contribution in [0.4, 0.5) is 16.5 Å². The van der Waals surface area contributed by atoms with Crippen molar-refractivity contribution in [3.63, 3.8) is 0 Å². The summed E-state index contributed by atoms with van der Waals surface area (Å²) < 4.78 is 0. The SMILES string of the molecule is Cc1cc(N(C)c2nc(C)c(C)s2)ccc1N. The van der Waals surface area contributed by atoms with Gasteiger partial charge < -0.3 is 10.6 Å². The normalized spacial score (nSPS) is 10.6. The maximum Gasteiger partial charge on any atom is 0.190 e. The van der Waals surface area contributed by atoms with Crippen LogP contribution in [0, 0.1) is 20.8 Å². The van der Waals surface area contributed by atoms with Crippen LogP contribution in [0.25, 0.3) is 0 Å². The molecule has 0 atom stereocenters. The first-order valence-electron chi connectivity index (χ1n) is 5.53. The topological polar surface area (TPSA) is 42.2 Å². The number of aromatic nitrogens is 1. The van der Waals surface area contributed by atoms with Crippen molar-refractivity contribution in [1.29, 1.82) is 0 Å². The second kappa shape index (κ2) is 4.37. The fourth-order valence-corrected chi connectivity index (χ4v) is 2.47. The fourth-order valence-electron chi connectivity index (χ4n) is 1.58. The third-order valence-corrected chi connectivity index (χ3v) is 4.09. The average molecular weight is 247 g/mol. The highest BCUT2D eigenvalue weighted by molar-refractivity contribution is 7.15. The first-order chi connectivity index (χ1) is 7.99. The van der Waals surface area contributed by atoms with Crippen LogP contribution in [0.5, 0.6) is 0 Å². The lowest BCUT2D eigenvalue weighted by Crippen LogP contribution is -2.09. The van der Waals surface area contributed by atoms with Crippen LogP contribution in [0.1, 0.15) is 16.1 Å². The summed E-state index contributed by atoms with van der Waals surface area (Å²) in [7, 11) is 2.03. The van der Waals surface area contributed by atoms with E-state index < -0.39 is 0 Å². The van der Waals surface area contributed by atoms with E-state index in [9.17, 15) is 0 Å². The molecule has 0 saturated heterocycles. The highest BCUT2D eigenvalue weighted by Crippen LogP contribution is 2.30. The highest BCUT2D eigenvalue weighted by Gasteiger charge is 2.10. The first kappa shape index (κ1) is 11.9. The number of hydrogen-bond donors (Lipinski definition) is 1. The average Bonchev–Trinajstić information content (AvgIpc) is 2.62. The molecule has 2 N–H and O–H groups in total. The van der Waals surface area contributed by atoms with Gasteiger partial charge in [-0.25, -0.2) is 4.98 Å². The largest absolute Gasteiger partial charge is 0.399 e. The zero-order valence-corrected chi connectivity index (χ0v) is 11.4. The molecular formula is C13H17N3S. The van der Waals surface area contributed by atoms with E-state index in [1.165, 1.54) is 4.88 Å². The molecule has 2 rings (SSSR count). The molecule has 0 amide bonds. The Morgan fingerprint density at radius 3 is 2.47 bits per heavy atom. The number of thiazole rings is 1. The van der Waals surface area contributed by atoms with Crippen molar-refractivity contribution >= 4 is 27.8 Å². The van der Waals surface area contributed by atoms with Crippen molar-refractivity contribution < 1.29 is 0 Å². The Balaban J connectivity index is 2.36. The van der Waals surface area contributed by atoms with Crippen molar-refractivity contribution in [3.05, 3.63) is 34.3 Å². The van der Waals surface area contributed by atoms with E-state index >= 15 is 0 Å². The van der Waals surface area contributed by atoms with Crippen molar-refractivity contribution in [2.45, 2.75) is 20.8 Å². The third-order valence-electron chi connectivity index (χ3n) is 2.94. The Morgan fingerprint density at radius 2 is 1.94 bits per heavy atom. The summed E-state index contributed by atoms with van der Waals surface area (Å²) in [6.45, 7) is 6.15. The van der Waals surface area contributed by atoms with Crippen LogP contribution in [-0.4, -0.2) is 12.0 Å². The van der Waals surface area contributed by atoms with E-state index in [-0.39, 0.29) is 0 Å². The van der Waals surface area contributed by atoms with Gasteiger partial charge in [-0.15, -0.1) is 11.3 Å². The van der Waals surface area contributed by atoms with Crippen LogP contribution >= 0.6 is 11.3 Å². The predicted octanol–water partition coefficient (Wildman–Crippen LogP) is 3.42. The van der Waals surface area contributed by atoms with Crippen LogP contribution in [-0.2, 0) is 0 Å². The number of hydrogen-bond acceptors (Lipinski definition) is 4. The predicted molar refractivity (Wildman–Crippen MR) is 75.2 cm³/mol. The molecule has 0 aliphatic heterocycles. The summed E-state index contributed by atoms with van der Waals surface area (Å²) in [6.07, 6.45) is 0. The van der Waals surface area contributed by atoms with Gasteiger partial charge in [-0.05, 0) is 44.5 Å². The van der Waals surface area contributed by atoms with Gasteiger partial charge in [0, 0.05) is 23.3 Å². The quantitative estimate of drug-likeness (QED) is 0.827. The minimum absolute atomic E-state index is 0.827. The van der Waals surface area contributed by atoms with Crippen LogP contribution in [0.15, 0.2) is 18.2 Å². The third kappa shape index (κ3) is 2.26. The second-order valence-electron chi connectivity index (χ2n) is 4.24. The van der Waals surface area contributed by atoms with Gasteiger partial charge in [0.05, 0.1) is 5.69 Å². The smallest absolute Gasteiger partial charge is 0.190 e. The number of anilines is 3. The molecule has 0 aliphatic rings. The van der Waals surface area contributed by atoms with Gasteiger partial charge in [0.2, 0.25) is 0 Å². The zero-order chi connectivity index (χ0) is 12.6. The van der Waals surface area contributed by atoms with Gasteiger partial charge in [0.25, 0.3) is 0 Å². The van der Waals surface area contributed by atoms with Crippen molar-refractivity contribution in [2.24, 2.45) is 0 Å². The molecule has 90 valence electrons. The number of nitrogens with two attached hydrogens (primary N) is 1. The molecule has 3 nitrogen and oxygen atoms in total. The summed E-state index contributed by atoms with van der Waals surface area (Å²) in [6, 6.07) is 6.05. The highest BCUT2D eigenvalue weighted by atomic mass is 32.1. The van der Waals surface area contributed by atoms with Gasteiger partial charge in [-0.1, -0.05) is 0 Å². The fraction of sp³-hybridized carbons (Fsp3) is 0.308. The van der Waals surface area contributed by atoms with Crippen LogP contribution in [0.3, 0.4) is 0 Å². The van der Waals surface area contributed by atoms with Crippen LogP contribution in [0.2, 0.25) is 0 Å². The molecule has 1 aromatic carbocycles. The van der Waals surface area contributed by atoms with E-state index in [2.05, 4.69) is 22.9 Å². The van der Waals surface area contributed by atoms with Gasteiger partial charge in [-0.2, -0.15) is 0 Å². The number of rotatable bonds is 2. The first-order valence-corrected chi connectivity index (χ1v) is 6.34. The Labute approximate surface area is 106 Å². The second-order valence-corrected chi connectivity index (χ2v) is 5.42. The lowest BCUT2D eigenvalue weighted by Gasteiger charge is -2.17. The Hall–Kier alpha value is -1.55. The van der Waals surface area contributed by atoms with E-state index in [0.717, 1.165) is 27.8 Å². The van der Waals surface area contributed by atoms with Crippen molar-refractivity contribution in [3.8, 4) is 0 Å². The van der Waals surface area contributed by atoms with Gasteiger partial charge in [0.15, 0.2) is 5.13 Å². The Morgan fingerprint density at radius 1 is 1.24 bits per heavy atom. The Kier molecular flexibility index (Phi) is 3.07. The summed E-state index contributed by atoms with van der Waals surface area (Å²) >= 11 is 1.71. The van der Waals surface area contributed by atoms with E-state index in [1.807, 2.05) is 33.0 Å². The molecule has 17 heavy (non-hydrogen) atoms.